The van der Waals surface area contributed by atoms with Crippen LogP contribution in [0.5, 0.6) is 5.75 Å². The summed E-state index contributed by atoms with van der Waals surface area (Å²) in [6.45, 7) is 1.01. The molecular weight excluding hydrogens is 300 g/mol. The Morgan fingerprint density at radius 2 is 1.91 bits per heavy atom. The number of hydrogen-bond donors (Lipinski definition) is 1. The number of rotatable bonds is 0. The van der Waals surface area contributed by atoms with Crippen LogP contribution >= 0.6 is 0 Å². The van der Waals surface area contributed by atoms with E-state index in [4.69, 9.17) is 4.74 Å². The van der Waals surface area contributed by atoms with Gasteiger partial charge >= 0.3 is 0 Å². The van der Waals surface area contributed by atoms with Gasteiger partial charge in [-0.25, -0.2) is 8.78 Å². The Bertz CT molecular complexity index is 822. The standard InChI is InChI=1S/C18H13F2NO2/c19-14-8-7-12(16(20)11-14)5-6-13-3-1-4-15-17(13)23-10-2-9-21-18(15)22/h1,3-4,7-8,11H,2,9-10H2,(H,21,22). The number of ether oxygens (including phenoxy) is 1. The predicted molar refractivity (Wildman–Crippen MR) is 81.2 cm³/mol. The van der Waals surface area contributed by atoms with E-state index in [-0.39, 0.29) is 11.5 Å². The molecular formula is C18H13F2NO2. The Morgan fingerprint density at radius 3 is 2.74 bits per heavy atom. The molecule has 0 unspecified atom stereocenters. The average Bonchev–Trinajstić information content (AvgIpc) is 2.52. The number of hydrogen-bond acceptors (Lipinski definition) is 2. The highest BCUT2D eigenvalue weighted by molar-refractivity contribution is 5.97. The van der Waals surface area contributed by atoms with Crippen molar-refractivity contribution in [3.8, 4) is 17.6 Å². The number of carbonyl (C=O) groups excluding carboxylic acids is 1. The molecule has 2 aromatic rings. The van der Waals surface area contributed by atoms with Crippen molar-refractivity contribution in [2.24, 2.45) is 0 Å². The lowest BCUT2D eigenvalue weighted by molar-refractivity contribution is 0.0939. The SMILES string of the molecule is O=C1NCCCOc2c(C#Cc3ccc(F)cc3F)cccc21. The van der Waals surface area contributed by atoms with Gasteiger partial charge in [-0.05, 0) is 30.7 Å². The fraction of sp³-hybridized carbons (Fsp3) is 0.167. The van der Waals surface area contributed by atoms with Gasteiger partial charge in [0.05, 0.1) is 23.3 Å². The maximum Gasteiger partial charge on any atom is 0.255 e. The van der Waals surface area contributed by atoms with E-state index in [1.807, 2.05) is 0 Å². The summed E-state index contributed by atoms with van der Waals surface area (Å²) in [4.78, 5) is 12.0. The smallest absolute Gasteiger partial charge is 0.255 e. The van der Waals surface area contributed by atoms with Crippen LogP contribution < -0.4 is 10.1 Å². The summed E-state index contributed by atoms with van der Waals surface area (Å²) in [6.07, 6.45) is 0.694. The summed E-state index contributed by atoms with van der Waals surface area (Å²) < 4.78 is 32.2. The highest BCUT2D eigenvalue weighted by atomic mass is 19.1. The number of para-hydroxylation sites is 1. The monoisotopic (exact) mass is 313 g/mol. The molecule has 0 aromatic heterocycles. The molecule has 1 aliphatic heterocycles. The van der Waals surface area contributed by atoms with Crippen molar-refractivity contribution in [1.82, 2.24) is 5.32 Å². The van der Waals surface area contributed by atoms with Crippen LogP contribution in [0.25, 0.3) is 0 Å². The quantitative estimate of drug-likeness (QED) is 0.760. The lowest BCUT2D eigenvalue weighted by atomic mass is 10.1. The Kier molecular flexibility index (Phi) is 4.24. The van der Waals surface area contributed by atoms with E-state index < -0.39 is 11.6 Å². The zero-order valence-corrected chi connectivity index (χ0v) is 12.2. The summed E-state index contributed by atoms with van der Waals surface area (Å²) in [5.41, 5.74) is 0.971. The molecule has 3 rings (SSSR count). The van der Waals surface area contributed by atoms with Gasteiger partial charge in [-0.3, -0.25) is 4.79 Å². The number of benzene rings is 2. The van der Waals surface area contributed by atoms with Crippen molar-refractivity contribution < 1.29 is 18.3 Å². The second kappa shape index (κ2) is 6.49. The van der Waals surface area contributed by atoms with Crippen molar-refractivity contribution in [1.29, 1.82) is 0 Å². The molecule has 0 aliphatic carbocycles. The first kappa shape index (κ1) is 15.0. The van der Waals surface area contributed by atoms with Crippen molar-refractivity contribution in [3.63, 3.8) is 0 Å². The largest absolute Gasteiger partial charge is 0.491 e. The molecule has 0 bridgehead atoms. The first-order chi connectivity index (χ1) is 11.1. The Balaban J connectivity index is 2.01. The third-order valence-electron chi connectivity index (χ3n) is 3.38. The van der Waals surface area contributed by atoms with Crippen LogP contribution in [0.4, 0.5) is 8.78 Å². The topological polar surface area (TPSA) is 38.3 Å². The first-order valence-corrected chi connectivity index (χ1v) is 7.16. The molecule has 0 saturated heterocycles. The lowest BCUT2D eigenvalue weighted by Crippen LogP contribution is -2.28. The number of halogens is 2. The first-order valence-electron chi connectivity index (χ1n) is 7.16. The zero-order valence-electron chi connectivity index (χ0n) is 12.2. The van der Waals surface area contributed by atoms with E-state index >= 15 is 0 Å². The van der Waals surface area contributed by atoms with Crippen LogP contribution in [-0.2, 0) is 0 Å². The van der Waals surface area contributed by atoms with Gasteiger partial charge in [0.15, 0.2) is 0 Å². The van der Waals surface area contributed by atoms with E-state index in [1.165, 1.54) is 6.07 Å². The molecule has 0 saturated carbocycles. The molecule has 1 amide bonds. The summed E-state index contributed by atoms with van der Waals surface area (Å²) in [5.74, 6) is 4.24. The number of nitrogens with one attached hydrogen (secondary N) is 1. The van der Waals surface area contributed by atoms with Gasteiger partial charge in [0.25, 0.3) is 5.91 Å². The minimum Gasteiger partial charge on any atom is -0.491 e. The zero-order chi connectivity index (χ0) is 16.2. The van der Waals surface area contributed by atoms with Gasteiger partial charge < -0.3 is 10.1 Å². The van der Waals surface area contributed by atoms with Crippen molar-refractivity contribution in [2.75, 3.05) is 13.2 Å². The van der Waals surface area contributed by atoms with Crippen molar-refractivity contribution in [3.05, 3.63) is 64.7 Å². The van der Waals surface area contributed by atoms with Crippen molar-refractivity contribution >= 4 is 5.91 Å². The van der Waals surface area contributed by atoms with Crippen LogP contribution in [0.2, 0.25) is 0 Å². The van der Waals surface area contributed by atoms with E-state index in [0.717, 1.165) is 12.1 Å². The second-order valence-corrected chi connectivity index (χ2v) is 5.01. The minimum absolute atomic E-state index is 0.0827. The molecule has 5 heteroatoms. The normalized spacial score (nSPS) is 13.6. The molecule has 0 fully saturated rings. The van der Waals surface area contributed by atoms with Gasteiger partial charge in [-0.15, -0.1) is 0 Å². The molecule has 3 nitrogen and oxygen atoms in total. The highest BCUT2D eigenvalue weighted by Crippen LogP contribution is 2.25. The molecule has 116 valence electrons. The summed E-state index contributed by atoms with van der Waals surface area (Å²) in [6, 6.07) is 8.24. The summed E-state index contributed by atoms with van der Waals surface area (Å²) in [5, 5.41) is 2.79. The van der Waals surface area contributed by atoms with Crippen LogP contribution in [0, 0.1) is 23.5 Å². The van der Waals surface area contributed by atoms with Crippen molar-refractivity contribution in [2.45, 2.75) is 6.42 Å². The summed E-state index contributed by atoms with van der Waals surface area (Å²) in [7, 11) is 0. The Morgan fingerprint density at radius 1 is 1.09 bits per heavy atom. The van der Waals surface area contributed by atoms with E-state index in [9.17, 15) is 13.6 Å². The number of fused-ring (bicyclic) bond motifs is 1. The van der Waals surface area contributed by atoms with Crippen LogP contribution in [0.3, 0.4) is 0 Å². The van der Waals surface area contributed by atoms with Crippen LogP contribution in [0.1, 0.15) is 27.9 Å². The fourth-order valence-electron chi connectivity index (χ4n) is 2.24. The van der Waals surface area contributed by atoms with E-state index in [2.05, 4.69) is 17.2 Å². The molecule has 1 heterocycles. The molecule has 0 atom stereocenters. The molecule has 0 spiro atoms. The predicted octanol–water partition coefficient (Wildman–Crippen LogP) is 2.88. The third kappa shape index (κ3) is 3.32. The second-order valence-electron chi connectivity index (χ2n) is 5.01. The fourth-order valence-corrected chi connectivity index (χ4v) is 2.24. The maximum absolute atomic E-state index is 13.6. The molecule has 23 heavy (non-hydrogen) atoms. The Hall–Kier alpha value is -2.87. The van der Waals surface area contributed by atoms with Gasteiger partial charge in [0, 0.05) is 12.6 Å². The molecule has 1 aliphatic rings. The van der Waals surface area contributed by atoms with Crippen LogP contribution in [-0.4, -0.2) is 19.1 Å². The highest BCUT2D eigenvalue weighted by Gasteiger charge is 2.17. The minimum atomic E-state index is -0.727. The third-order valence-corrected chi connectivity index (χ3v) is 3.38. The molecule has 1 N–H and O–H groups in total. The van der Waals surface area contributed by atoms with Gasteiger partial charge in [-0.2, -0.15) is 0 Å². The van der Waals surface area contributed by atoms with E-state index in [1.54, 1.807) is 18.2 Å². The van der Waals surface area contributed by atoms with Gasteiger partial charge in [0.2, 0.25) is 0 Å². The van der Waals surface area contributed by atoms with Crippen LogP contribution in [0.15, 0.2) is 36.4 Å². The van der Waals surface area contributed by atoms with Gasteiger partial charge in [0.1, 0.15) is 17.4 Å². The summed E-state index contributed by atoms with van der Waals surface area (Å²) >= 11 is 0. The van der Waals surface area contributed by atoms with Gasteiger partial charge in [-0.1, -0.05) is 17.9 Å². The average molecular weight is 313 g/mol. The molecule has 0 radical (unpaired) electrons. The number of amides is 1. The maximum atomic E-state index is 13.6. The molecule has 2 aromatic carbocycles. The van der Waals surface area contributed by atoms with E-state index in [0.29, 0.717) is 36.4 Å². The lowest BCUT2D eigenvalue weighted by Gasteiger charge is -2.16. The number of carbonyl (C=O) groups is 1. The Labute approximate surface area is 132 Å².